The molecular formula is C17H25N3O2. The number of ether oxygens (including phenoxy) is 1. The van der Waals surface area contributed by atoms with Gasteiger partial charge in [-0.25, -0.2) is 0 Å². The summed E-state index contributed by atoms with van der Waals surface area (Å²) in [5.41, 5.74) is 1.46. The number of nitrogens with one attached hydrogen (secondary N) is 2. The topological polar surface area (TPSA) is 53.6 Å². The monoisotopic (exact) mass is 303 g/mol. The smallest absolute Gasteiger partial charge is 0.250 e. The SMILES string of the molecule is COCC[C@H](C)N1CCC2(CC1)Nc1ccccc1NC2=O. The largest absolute Gasteiger partial charge is 0.385 e. The Morgan fingerprint density at radius 1 is 1.27 bits per heavy atom. The first-order chi connectivity index (χ1) is 10.6. The van der Waals surface area contributed by atoms with Gasteiger partial charge < -0.3 is 20.3 Å². The van der Waals surface area contributed by atoms with E-state index in [4.69, 9.17) is 4.74 Å². The van der Waals surface area contributed by atoms with Crippen LogP contribution in [-0.4, -0.2) is 49.2 Å². The van der Waals surface area contributed by atoms with Gasteiger partial charge in [-0.1, -0.05) is 12.1 Å². The van der Waals surface area contributed by atoms with Gasteiger partial charge in [-0.15, -0.1) is 0 Å². The van der Waals surface area contributed by atoms with Crippen LogP contribution in [0.2, 0.25) is 0 Å². The highest BCUT2D eigenvalue weighted by atomic mass is 16.5. The molecule has 22 heavy (non-hydrogen) atoms. The number of nitrogens with zero attached hydrogens (tertiary/aromatic N) is 1. The van der Waals surface area contributed by atoms with E-state index in [0.29, 0.717) is 6.04 Å². The van der Waals surface area contributed by atoms with E-state index in [1.807, 2.05) is 24.3 Å². The summed E-state index contributed by atoms with van der Waals surface area (Å²) in [6.07, 6.45) is 2.71. The maximum atomic E-state index is 12.6. The van der Waals surface area contributed by atoms with E-state index in [0.717, 1.165) is 50.3 Å². The first kappa shape index (κ1) is 15.3. The molecule has 2 heterocycles. The van der Waals surface area contributed by atoms with Gasteiger partial charge in [0, 0.05) is 32.8 Å². The van der Waals surface area contributed by atoms with Crippen molar-refractivity contribution in [2.45, 2.75) is 37.8 Å². The van der Waals surface area contributed by atoms with E-state index in [1.165, 1.54) is 0 Å². The van der Waals surface area contributed by atoms with Crippen molar-refractivity contribution in [2.24, 2.45) is 0 Å². The number of anilines is 2. The van der Waals surface area contributed by atoms with Gasteiger partial charge >= 0.3 is 0 Å². The molecule has 2 aliphatic heterocycles. The van der Waals surface area contributed by atoms with E-state index < -0.39 is 5.54 Å². The fourth-order valence-corrected chi connectivity index (χ4v) is 3.43. The van der Waals surface area contributed by atoms with Crippen molar-refractivity contribution in [3.05, 3.63) is 24.3 Å². The number of likely N-dealkylation sites (tertiary alicyclic amines) is 1. The van der Waals surface area contributed by atoms with Crippen molar-refractivity contribution in [1.29, 1.82) is 0 Å². The summed E-state index contributed by atoms with van der Waals surface area (Å²) in [6, 6.07) is 8.41. The second kappa shape index (κ2) is 6.26. The summed E-state index contributed by atoms with van der Waals surface area (Å²) >= 11 is 0. The molecule has 2 N–H and O–H groups in total. The molecular weight excluding hydrogens is 278 g/mol. The molecule has 0 bridgehead atoms. The molecule has 1 saturated heterocycles. The number of carbonyl (C=O) groups is 1. The summed E-state index contributed by atoms with van der Waals surface area (Å²) in [5.74, 6) is 0.107. The van der Waals surface area contributed by atoms with Crippen molar-refractivity contribution in [2.75, 3.05) is 37.4 Å². The molecule has 0 aliphatic carbocycles. The summed E-state index contributed by atoms with van der Waals surface area (Å²) in [7, 11) is 1.74. The van der Waals surface area contributed by atoms with Crippen molar-refractivity contribution in [1.82, 2.24) is 4.90 Å². The Balaban J connectivity index is 1.66. The lowest BCUT2D eigenvalue weighted by Gasteiger charge is -2.45. The summed E-state index contributed by atoms with van der Waals surface area (Å²) in [4.78, 5) is 15.0. The molecule has 1 amide bonds. The van der Waals surface area contributed by atoms with Gasteiger partial charge in [0.15, 0.2) is 0 Å². The summed E-state index contributed by atoms with van der Waals surface area (Å²) in [5, 5.41) is 6.56. The minimum Gasteiger partial charge on any atom is -0.385 e. The number of rotatable bonds is 4. The number of benzene rings is 1. The Labute approximate surface area is 132 Å². The third kappa shape index (κ3) is 2.83. The Bertz CT molecular complexity index is 538. The van der Waals surface area contributed by atoms with Gasteiger partial charge in [0.05, 0.1) is 11.4 Å². The van der Waals surface area contributed by atoms with Crippen LogP contribution in [-0.2, 0) is 9.53 Å². The van der Waals surface area contributed by atoms with Gasteiger partial charge in [0.25, 0.3) is 0 Å². The van der Waals surface area contributed by atoms with Crippen LogP contribution in [0.3, 0.4) is 0 Å². The number of carbonyl (C=O) groups excluding carboxylic acids is 1. The number of piperidine rings is 1. The normalized spacial score (nSPS) is 21.8. The van der Waals surface area contributed by atoms with Crippen molar-refractivity contribution in [3.63, 3.8) is 0 Å². The molecule has 0 radical (unpaired) electrons. The standard InChI is InChI=1S/C17H25N3O2/c1-13(7-12-22-2)20-10-8-17(9-11-20)16(21)18-14-5-3-4-6-15(14)19-17/h3-6,13,19H,7-12H2,1-2H3,(H,18,21)/t13-/m0/s1. The zero-order valence-electron chi connectivity index (χ0n) is 13.4. The van der Waals surface area contributed by atoms with E-state index in [-0.39, 0.29) is 5.91 Å². The maximum Gasteiger partial charge on any atom is 0.250 e. The molecule has 1 spiro atoms. The molecule has 2 aliphatic rings. The zero-order chi connectivity index (χ0) is 15.6. The van der Waals surface area contributed by atoms with Gasteiger partial charge in [-0.05, 0) is 38.3 Å². The van der Waals surface area contributed by atoms with Gasteiger partial charge in [0.2, 0.25) is 5.91 Å². The van der Waals surface area contributed by atoms with Gasteiger partial charge in [-0.3, -0.25) is 4.79 Å². The Morgan fingerprint density at radius 3 is 2.64 bits per heavy atom. The number of fused-ring (bicyclic) bond motifs is 1. The highest BCUT2D eigenvalue weighted by molar-refractivity contribution is 6.06. The fourth-order valence-electron chi connectivity index (χ4n) is 3.43. The summed E-state index contributed by atoms with van der Waals surface area (Å²) < 4.78 is 5.17. The second-order valence-corrected chi connectivity index (χ2v) is 6.37. The minimum atomic E-state index is -0.453. The lowest BCUT2D eigenvalue weighted by Crippen LogP contribution is -2.59. The molecule has 5 heteroatoms. The predicted octanol–water partition coefficient (Wildman–Crippen LogP) is 2.31. The van der Waals surface area contributed by atoms with Crippen LogP contribution in [0.1, 0.15) is 26.2 Å². The van der Waals surface area contributed by atoms with E-state index in [9.17, 15) is 4.79 Å². The van der Waals surface area contributed by atoms with Gasteiger partial charge in [-0.2, -0.15) is 0 Å². The number of para-hydroxylation sites is 2. The molecule has 1 aromatic carbocycles. The third-order valence-electron chi connectivity index (χ3n) is 5.00. The number of methoxy groups -OCH3 is 1. The van der Waals surface area contributed by atoms with Crippen LogP contribution in [0.25, 0.3) is 0 Å². The van der Waals surface area contributed by atoms with Crippen LogP contribution >= 0.6 is 0 Å². The maximum absolute atomic E-state index is 12.6. The molecule has 120 valence electrons. The molecule has 3 rings (SSSR count). The molecule has 0 saturated carbocycles. The van der Waals surface area contributed by atoms with Crippen molar-refractivity contribution < 1.29 is 9.53 Å². The summed E-state index contributed by atoms with van der Waals surface area (Å²) in [6.45, 7) is 4.90. The Hall–Kier alpha value is -1.59. The third-order valence-corrected chi connectivity index (χ3v) is 5.00. The van der Waals surface area contributed by atoms with E-state index in [1.54, 1.807) is 7.11 Å². The number of amides is 1. The molecule has 0 unspecified atom stereocenters. The molecule has 1 aromatic rings. The van der Waals surface area contributed by atoms with Crippen molar-refractivity contribution in [3.8, 4) is 0 Å². The van der Waals surface area contributed by atoms with Crippen LogP contribution in [0.15, 0.2) is 24.3 Å². The first-order valence-electron chi connectivity index (χ1n) is 8.06. The molecule has 5 nitrogen and oxygen atoms in total. The highest BCUT2D eigenvalue weighted by Gasteiger charge is 2.44. The number of hydrogen-bond donors (Lipinski definition) is 2. The average Bonchev–Trinajstić information content (AvgIpc) is 2.54. The number of hydrogen-bond acceptors (Lipinski definition) is 4. The fraction of sp³-hybridized carbons (Fsp3) is 0.588. The Morgan fingerprint density at radius 2 is 1.95 bits per heavy atom. The second-order valence-electron chi connectivity index (χ2n) is 6.37. The molecule has 0 aromatic heterocycles. The van der Waals surface area contributed by atoms with Crippen LogP contribution in [0.5, 0.6) is 0 Å². The van der Waals surface area contributed by atoms with Crippen LogP contribution < -0.4 is 10.6 Å². The van der Waals surface area contributed by atoms with Crippen molar-refractivity contribution >= 4 is 17.3 Å². The predicted molar refractivity (Wildman–Crippen MR) is 88.2 cm³/mol. The molecule has 1 atom stereocenters. The highest BCUT2D eigenvalue weighted by Crippen LogP contribution is 2.36. The zero-order valence-corrected chi connectivity index (χ0v) is 13.4. The van der Waals surface area contributed by atoms with Crippen LogP contribution in [0, 0.1) is 0 Å². The lowest BCUT2D eigenvalue weighted by atomic mass is 9.84. The van der Waals surface area contributed by atoms with Crippen LogP contribution in [0.4, 0.5) is 11.4 Å². The van der Waals surface area contributed by atoms with E-state index >= 15 is 0 Å². The lowest BCUT2D eigenvalue weighted by molar-refractivity contribution is -0.122. The average molecular weight is 303 g/mol. The van der Waals surface area contributed by atoms with E-state index in [2.05, 4.69) is 22.5 Å². The Kier molecular flexibility index (Phi) is 4.36. The van der Waals surface area contributed by atoms with Gasteiger partial charge in [0.1, 0.15) is 5.54 Å². The molecule has 1 fully saturated rings. The quantitative estimate of drug-likeness (QED) is 0.896. The minimum absolute atomic E-state index is 0.107. The first-order valence-corrected chi connectivity index (χ1v) is 8.06.